The Balaban J connectivity index is 1.88. The van der Waals surface area contributed by atoms with Crippen molar-refractivity contribution < 1.29 is 4.79 Å². The zero-order valence-corrected chi connectivity index (χ0v) is 10.4. The Hall–Kier alpha value is -1.10. The van der Waals surface area contributed by atoms with Crippen molar-refractivity contribution in [3.63, 3.8) is 0 Å². The summed E-state index contributed by atoms with van der Waals surface area (Å²) in [7, 11) is 1.84. The van der Waals surface area contributed by atoms with Gasteiger partial charge in [0.15, 0.2) is 0 Å². The number of carbonyl (C=O) groups is 1. The molecule has 0 bridgehead atoms. The van der Waals surface area contributed by atoms with Crippen LogP contribution in [0.15, 0.2) is 10.9 Å². The number of hydrogen-bond acceptors (Lipinski definition) is 3. The van der Waals surface area contributed by atoms with Crippen LogP contribution in [0.3, 0.4) is 0 Å². The molecule has 16 heavy (non-hydrogen) atoms. The van der Waals surface area contributed by atoms with Crippen LogP contribution in [0.4, 0.5) is 4.79 Å². The van der Waals surface area contributed by atoms with Crippen molar-refractivity contribution in [3.8, 4) is 0 Å². The smallest absolute Gasteiger partial charge is 0.320 e. The third-order valence-corrected chi connectivity index (χ3v) is 3.47. The minimum atomic E-state index is 0.132. The molecule has 0 N–H and O–H groups in total. The predicted molar refractivity (Wildman–Crippen MR) is 64.4 cm³/mol. The van der Waals surface area contributed by atoms with Gasteiger partial charge in [-0.05, 0) is 19.3 Å². The van der Waals surface area contributed by atoms with Gasteiger partial charge in [-0.2, -0.15) is 0 Å². The maximum absolute atomic E-state index is 12.1. The summed E-state index contributed by atoms with van der Waals surface area (Å²) in [6.45, 7) is 2.42. The second-order valence-corrected chi connectivity index (χ2v) is 4.88. The second kappa shape index (κ2) is 5.30. The van der Waals surface area contributed by atoms with E-state index in [1.165, 1.54) is 6.42 Å². The average Bonchev–Trinajstić information content (AvgIpc) is 2.82. The summed E-state index contributed by atoms with van der Waals surface area (Å²) < 4.78 is 0. The molecule has 88 valence electrons. The van der Waals surface area contributed by atoms with Gasteiger partial charge in [-0.1, -0.05) is 0 Å². The SMILES string of the molecule is CN(Cc1cscn1)C(=O)N1CCCCC1. The Bertz CT molecular complexity index is 333. The second-order valence-electron chi connectivity index (χ2n) is 4.17. The van der Waals surface area contributed by atoms with Crippen molar-refractivity contribution in [2.24, 2.45) is 0 Å². The maximum atomic E-state index is 12.1. The summed E-state index contributed by atoms with van der Waals surface area (Å²) >= 11 is 1.57. The van der Waals surface area contributed by atoms with Crippen LogP contribution in [-0.4, -0.2) is 41.0 Å². The van der Waals surface area contributed by atoms with Gasteiger partial charge in [-0.15, -0.1) is 11.3 Å². The number of aromatic nitrogens is 1. The van der Waals surface area contributed by atoms with E-state index in [9.17, 15) is 4.79 Å². The molecule has 0 atom stereocenters. The van der Waals surface area contributed by atoms with Crippen LogP contribution in [0, 0.1) is 0 Å². The lowest BCUT2D eigenvalue weighted by atomic mass is 10.1. The van der Waals surface area contributed by atoms with Crippen LogP contribution in [0.5, 0.6) is 0 Å². The normalized spacial score (nSPS) is 16.2. The van der Waals surface area contributed by atoms with Gasteiger partial charge in [0.1, 0.15) is 0 Å². The van der Waals surface area contributed by atoms with Crippen LogP contribution in [0.1, 0.15) is 25.0 Å². The number of hydrogen-bond donors (Lipinski definition) is 0. The molecule has 0 aromatic carbocycles. The third-order valence-electron chi connectivity index (χ3n) is 2.84. The van der Waals surface area contributed by atoms with E-state index in [1.54, 1.807) is 21.7 Å². The van der Waals surface area contributed by atoms with E-state index in [1.807, 2.05) is 17.3 Å². The molecule has 0 spiro atoms. The number of piperidine rings is 1. The van der Waals surface area contributed by atoms with E-state index in [0.29, 0.717) is 6.54 Å². The molecule has 2 rings (SSSR count). The molecule has 2 amide bonds. The molecular formula is C11H17N3OS. The summed E-state index contributed by atoms with van der Waals surface area (Å²) in [5.41, 5.74) is 2.77. The van der Waals surface area contributed by atoms with Crippen LogP contribution in [0.25, 0.3) is 0 Å². The first-order valence-corrected chi connectivity index (χ1v) is 6.59. The first-order chi connectivity index (χ1) is 7.77. The topological polar surface area (TPSA) is 36.4 Å². The van der Waals surface area contributed by atoms with Crippen LogP contribution in [-0.2, 0) is 6.54 Å². The lowest BCUT2D eigenvalue weighted by Crippen LogP contribution is -2.43. The van der Waals surface area contributed by atoms with Crippen LogP contribution in [0.2, 0.25) is 0 Å². The lowest BCUT2D eigenvalue weighted by Gasteiger charge is -2.30. The molecule has 0 saturated carbocycles. The Labute approximate surface area is 99.9 Å². The minimum Gasteiger partial charge on any atom is -0.325 e. The summed E-state index contributed by atoms with van der Waals surface area (Å²) in [4.78, 5) is 19.9. The fraction of sp³-hybridized carbons (Fsp3) is 0.636. The van der Waals surface area contributed by atoms with E-state index in [0.717, 1.165) is 31.6 Å². The van der Waals surface area contributed by atoms with Crippen molar-refractivity contribution in [1.82, 2.24) is 14.8 Å². The Kier molecular flexibility index (Phi) is 3.77. The van der Waals surface area contributed by atoms with Crippen molar-refractivity contribution in [3.05, 3.63) is 16.6 Å². The number of urea groups is 1. The monoisotopic (exact) mass is 239 g/mol. The lowest BCUT2D eigenvalue weighted by molar-refractivity contribution is 0.150. The Morgan fingerprint density at radius 1 is 1.50 bits per heavy atom. The fourth-order valence-corrected chi connectivity index (χ4v) is 2.50. The maximum Gasteiger partial charge on any atom is 0.320 e. The summed E-state index contributed by atoms with van der Waals surface area (Å²) in [5, 5.41) is 1.99. The molecule has 0 aliphatic carbocycles. The molecule has 1 aliphatic rings. The van der Waals surface area contributed by atoms with Gasteiger partial charge in [-0.25, -0.2) is 9.78 Å². The molecule has 0 radical (unpaired) electrons. The third kappa shape index (κ3) is 2.72. The number of thiazole rings is 1. The van der Waals surface area contributed by atoms with E-state index in [4.69, 9.17) is 0 Å². The van der Waals surface area contributed by atoms with Gasteiger partial charge in [-0.3, -0.25) is 0 Å². The molecule has 2 heterocycles. The van der Waals surface area contributed by atoms with Gasteiger partial charge >= 0.3 is 6.03 Å². The Morgan fingerprint density at radius 2 is 2.25 bits per heavy atom. The number of carbonyl (C=O) groups excluding carboxylic acids is 1. The molecule has 0 unspecified atom stereocenters. The first-order valence-electron chi connectivity index (χ1n) is 5.64. The van der Waals surface area contributed by atoms with Gasteiger partial charge in [0, 0.05) is 25.5 Å². The minimum absolute atomic E-state index is 0.132. The number of rotatable bonds is 2. The van der Waals surface area contributed by atoms with Gasteiger partial charge < -0.3 is 9.80 Å². The average molecular weight is 239 g/mol. The van der Waals surface area contributed by atoms with Gasteiger partial charge in [0.2, 0.25) is 0 Å². The number of likely N-dealkylation sites (tertiary alicyclic amines) is 1. The highest BCUT2D eigenvalue weighted by Crippen LogP contribution is 2.12. The highest BCUT2D eigenvalue weighted by Gasteiger charge is 2.20. The van der Waals surface area contributed by atoms with E-state index in [-0.39, 0.29) is 6.03 Å². The van der Waals surface area contributed by atoms with E-state index in [2.05, 4.69) is 4.98 Å². The van der Waals surface area contributed by atoms with Gasteiger partial charge in [0.05, 0.1) is 17.7 Å². The van der Waals surface area contributed by atoms with Crippen molar-refractivity contribution in [2.75, 3.05) is 20.1 Å². The summed E-state index contributed by atoms with van der Waals surface area (Å²) in [6.07, 6.45) is 3.52. The van der Waals surface area contributed by atoms with Crippen molar-refractivity contribution in [2.45, 2.75) is 25.8 Å². The molecule has 1 fully saturated rings. The van der Waals surface area contributed by atoms with Crippen molar-refractivity contribution in [1.29, 1.82) is 0 Å². The number of nitrogens with zero attached hydrogens (tertiary/aromatic N) is 3. The highest BCUT2D eigenvalue weighted by molar-refractivity contribution is 7.07. The first kappa shape index (κ1) is 11.4. The Morgan fingerprint density at radius 3 is 2.88 bits per heavy atom. The summed E-state index contributed by atoms with van der Waals surface area (Å²) in [6, 6.07) is 0.132. The predicted octanol–water partition coefficient (Wildman–Crippen LogP) is 2.18. The molecule has 4 nitrogen and oxygen atoms in total. The van der Waals surface area contributed by atoms with E-state index >= 15 is 0 Å². The van der Waals surface area contributed by atoms with Crippen LogP contribution < -0.4 is 0 Å². The largest absolute Gasteiger partial charge is 0.325 e. The molecule has 1 saturated heterocycles. The van der Waals surface area contributed by atoms with Gasteiger partial charge in [0.25, 0.3) is 0 Å². The zero-order valence-electron chi connectivity index (χ0n) is 9.56. The van der Waals surface area contributed by atoms with E-state index < -0.39 is 0 Å². The highest BCUT2D eigenvalue weighted by atomic mass is 32.1. The molecular weight excluding hydrogens is 222 g/mol. The summed E-state index contributed by atoms with van der Waals surface area (Å²) in [5.74, 6) is 0. The standard InChI is InChI=1S/C11H17N3OS/c1-13(7-10-8-16-9-12-10)11(15)14-5-3-2-4-6-14/h8-9H,2-7H2,1H3. The zero-order chi connectivity index (χ0) is 11.4. The quantitative estimate of drug-likeness (QED) is 0.793. The molecule has 1 aromatic heterocycles. The number of amides is 2. The molecule has 1 aromatic rings. The van der Waals surface area contributed by atoms with Crippen LogP contribution >= 0.6 is 11.3 Å². The fourth-order valence-electron chi connectivity index (χ4n) is 1.95. The molecule has 5 heteroatoms. The molecule has 1 aliphatic heterocycles. The van der Waals surface area contributed by atoms with Crippen molar-refractivity contribution >= 4 is 17.4 Å².